The summed E-state index contributed by atoms with van der Waals surface area (Å²) in [6.45, 7) is 0.785. The minimum Gasteiger partial charge on any atom is -0.381 e. The summed E-state index contributed by atoms with van der Waals surface area (Å²) in [5.74, 6) is 4.67. The highest BCUT2D eigenvalue weighted by atomic mass is 35.5. The normalized spacial score (nSPS) is 27.5. The molecule has 0 aromatic carbocycles. The molecule has 2 unspecified atom stereocenters. The SMILES string of the molecule is NNC(C1CCOC1)C(F)(F)Cl. The van der Waals surface area contributed by atoms with Gasteiger partial charge in [-0.3, -0.25) is 5.84 Å². The molecule has 1 aliphatic heterocycles. The third-order valence-electron chi connectivity index (χ3n) is 1.97. The van der Waals surface area contributed by atoms with Crippen LogP contribution >= 0.6 is 11.6 Å². The molecular formula is C6H11ClF2N2O. The Balaban J connectivity index is 2.54. The summed E-state index contributed by atoms with van der Waals surface area (Å²) in [7, 11) is 0. The first-order valence-corrected chi connectivity index (χ1v) is 4.04. The molecule has 1 rings (SSSR count). The maximum absolute atomic E-state index is 12.6. The lowest BCUT2D eigenvalue weighted by Gasteiger charge is -2.25. The molecule has 0 radical (unpaired) electrons. The number of ether oxygens (including phenoxy) is 1. The van der Waals surface area contributed by atoms with Crippen LogP contribution < -0.4 is 11.3 Å². The lowest BCUT2D eigenvalue weighted by Crippen LogP contribution is -2.50. The lowest BCUT2D eigenvalue weighted by atomic mass is 10.00. The molecule has 2 atom stereocenters. The molecule has 0 aliphatic carbocycles. The van der Waals surface area contributed by atoms with Crippen LogP contribution in [0.25, 0.3) is 0 Å². The van der Waals surface area contributed by atoms with E-state index in [1.54, 1.807) is 0 Å². The summed E-state index contributed by atoms with van der Waals surface area (Å²) in [6, 6.07) is -1.21. The Hall–Kier alpha value is 0.0300. The predicted molar refractivity (Wildman–Crippen MR) is 40.8 cm³/mol. The van der Waals surface area contributed by atoms with Gasteiger partial charge in [-0.1, -0.05) is 0 Å². The molecule has 1 fully saturated rings. The Bertz CT molecular complexity index is 147. The van der Waals surface area contributed by atoms with Crippen LogP contribution in [-0.2, 0) is 4.74 Å². The van der Waals surface area contributed by atoms with Crippen LogP contribution in [-0.4, -0.2) is 24.6 Å². The Labute approximate surface area is 74.2 Å². The zero-order chi connectivity index (χ0) is 9.19. The van der Waals surface area contributed by atoms with E-state index in [9.17, 15) is 8.78 Å². The number of rotatable bonds is 3. The molecule has 0 bridgehead atoms. The standard InChI is InChI=1S/C6H11ClF2N2O/c7-6(8,9)5(11-10)4-1-2-12-3-4/h4-5,11H,1-3,10H2. The van der Waals surface area contributed by atoms with Crippen molar-refractivity contribution < 1.29 is 13.5 Å². The monoisotopic (exact) mass is 200 g/mol. The highest BCUT2D eigenvalue weighted by molar-refractivity contribution is 6.22. The first-order valence-electron chi connectivity index (χ1n) is 3.66. The van der Waals surface area contributed by atoms with Gasteiger partial charge in [0, 0.05) is 12.5 Å². The highest BCUT2D eigenvalue weighted by Crippen LogP contribution is 2.31. The Morgan fingerprint density at radius 1 is 1.67 bits per heavy atom. The van der Waals surface area contributed by atoms with Crippen molar-refractivity contribution in [3.63, 3.8) is 0 Å². The molecule has 3 N–H and O–H groups in total. The van der Waals surface area contributed by atoms with E-state index < -0.39 is 11.4 Å². The fourth-order valence-corrected chi connectivity index (χ4v) is 1.55. The van der Waals surface area contributed by atoms with Crippen LogP contribution in [0, 0.1) is 5.92 Å². The van der Waals surface area contributed by atoms with Gasteiger partial charge in [0.1, 0.15) is 6.04 Å². The third kappa shape index (κ3) is 2.26. The number of nitrogens with one attached hydrogen (secondary N) is 1. The first kappa shape index (κ1) is 10.1. The molecule has 1 heterocycles. The number of alkyl halides is 3. The zero-order valence-electron chi connectivity index (χ0n) is 6.40. The molecule has 0 amide bonds. The average molecular weight is 201 g/mol. The van der Waals surface area contributed by atoms with Crippen molar-refractivity contribution in [2.75, 3.05) is 13.2 Å². The van der Waals surface area contributed by atoms with E-state index in [2.05, 4.69) is 0 Å². The smallest absolute Gasteiger partial charge is 0.338 e. The Morgan fingerprint density at radius 3 is 2.67 bits per heavy atom. The number of halogens is 3. The van der Waals surface area contributed by atoms with E-state index in [-0.39, 0.29) is 12.5 Å². The van der Waals surface area contributed by atoms with E-state index in [0.717, 1.165) is 0 Å². The van der Waals surface area contributed by atoms with Crippen molar-refractivity contribution in [1.29, 1.82) is 0 Å². The second-order valence-electron chi connectivity index (χ2n) is 2.81. The van der Waals surface area contributed by atoms with E-state index in [1.807, 2.05) is 5.43 Å². The molecule has 1 saturated heterocycles. The van der Waals surface area contributed by atoms with Crippen LogP contribution in [0.1, 0.15) is 6.42 Å². The van der Waals surface area contributed by atoms with Crippen LogP contribution in [0.15, 0.2) is 0 Å². The van der Waals surface area contributed by atoms with Gasteiger partial charge in [-0.25, -0.2) is 5.43 Å². The molecule has 72 valence electrons. The van der Waals surface area contributed by atoms with E-state index >= 15 is 0 Å². The summed E-state index contributed by atoms with van der Waals surface area (Å²) in [6.07, 6.45) is 0.567. The number of hydrogen-bond donors (Lipinski definition) is 2. The minimum absolute atomic E-state index is 0.289. The summed E-state index contributed by atoms with van der Waals surface area (Å²) in [5, 5.41) is -3.31. The quantitative estimate of drug-likeness (QED) is 0.400. The highest BCUT2D eigenvalue weighted by Gasteiger charge is 2.43. The topological polar surface area (TPSA) is 47.3 Å². The molecule has 1 aliphatic rings. The fourth-order valence-electron chi connectivity index (χ4n) is 1.31. The van der Waals surface area contributed by atoms with E-state index in [0.29, 0.717) is 13.0 Å². The van der Waals surface area contributed by atoms with Crippen molar-refractivity contribution in [2.24, 2.45) is 11.8 Å². The maximum atomic E-state index is 12.6. The molecule has 0 saturated carbocycles. The summed E-state index contributed by atoms with van der Waals surface area (Å²) in [4.78, 5) is 0. The second-order valence-corrected chi connectivity index (χ2v) is 3.31. The van der Waals surface area contributed by atoms with Gasteiger partial charge in [-0.2, -0.15) is 8.78 Å². The van der Waals surface area contributed by atoms with Crippen molar-refractivity contribution in [3.8, 4) is 0 Å². The maximum Gasteiger partial charge on any atom is 0.338 e. The van der Waals surface area contributed by atoms with Gasteiger partial charge in [0.25, 0.3) is 0 Å². The van der Waals surface area contributed by atoms with Crippen LogP contribution in [0.5, 0.6) is 0 Å². The van der Waals surface area contributed by atoms with Crippen LogP contribution in [0.4, 0.5) is 8.78 Å². The first-order chi connectivity index (χ1) is 5.55. The average Bonchev–Trinajstić information content (AvgIpc) is 2.38. The van der Waals surface area contributed by atoms with Crippen LogP contribution in [0.3, 0.4) is 0 Å². The Morgan fingerprint density at radius 2 is 2.33 bits per heavy atom. The summed E-state index contributed by atoms with van der Waals surface area (Å²) < 4.78 is 30.2. The number of nitrogens with two attached hydrogens (primary N) is 1. The van der Waals surface area contributed by atoms with Crippen LogP contribution in [0.2, 0.25) is 0 Å². The largest absolute Gasteiger partial charge is 0.381 e. The molecule has 0 aromatic heterocycles. The summed E-state index contributed by atoms with van der Waals surface area (Å²) in [5.41, 5.74) is 2.02. The van der Waals surface area contributed by atoms with Crippen molar-refractivity contribution in [3.05, 3.63) is 0 Å². The molecule has 0 spiro atoms. The molecule has 12 heavy (non-hydrogen) atoms. The van der Waals surface area contributed by atoms with Crippen molar-refractivity contribution in [1.82, 2.24) is 5.43 Å². The zero-order valence-corrected chi connectivity index (χ0v) is 7.15. The third-order valence-corrected chi connectivity index (χ3v) is 2.20. The lowest BCUT2D eigenvalue weighted by molar-refractivity contribution is 0.0217. The van der Waals surface area contributed by atoms with Gasteiger partial charge in [0.05, 0.1) is 6.61 Å². The second kappa shape index (κ2) is 3.83. The predicted octanol–water partition coefficient (Wildman–Crippen LogP) is 0.686. The molecule has 6 heteroatoms. The number of hydrogen-bond acceptors (Lipinski definition) is 3. The number of hydrazine groups is 1. The van der Waals surface area contributed by atoms with Gasteiger partial charge >= 0.3 is 5.38 Å². The molecule has 0 aromatic rings. The van der Waals surface area contributed by atoms with Crippen molar-refractivity contribution in [2.45, 2.75) is 17.8 Å². The summed E-state index contributed by atoms with van der Waals surface area (Å²) >= 11 is 4.85. The van der Waals surface area contributed by atoms with Gasteiger partial charge in [-0.05, 0) is 18.0 Å². The molecule has 3 nitrogen and oxygen atoms in total. The van der Waals surface area contributed by atoms with Gasteiger partial charge in [0.2, 0.25) is 0 Å². The van der Waals surface area contributed by atoms with Gasteiger partial charge in [0.15, 0.2) is 0 Å². The van der Waals surface area contributed by atoms with Gasteiger partial charge in [-0.15, -0.1) is 0 Å². The minimum atomic E-state index is -3.31. The van der Waals surface area contributed by atoms with E-state index in [1.165, 1.54) is 0 Å². The van der Waals surface area contributed by atoms with Gasteiger partial charge < -0.3 is 4.74 Å². The van der Waals surface area contributed by atoms with E-state index in [4.69, 9.17) is 22.2 Å². The van der Waals surface area contributed by atoms with Crippen molar-refractivity contribution >= 4 is 11.6 Å². The molecular weight excluding hydrogens is 190 g/mol. The fraction of sp³-hybridized carbons (Fsp3) is 1.00. The Kier molecular flexibility index (Phi) is 3.22.